The van der Waals surface area contributed by atoms with Crippen LogP contribution in [0.1, 0.15) is 0 Å². The van der Waals surface area contributed by atoms with Crippen molar-refractivity contribution in [1.82, 2.24) is 0 Å². The zero-order valence-corrected chi connectivity index (χ0v) is 21.5. The van der Waals surface area contributed by atoms with Crippen LogP contribution in [0.2, 0.25) is 0 Å². The summed E-state index contributed by atoms with van der Waals surface area (Å²) in [5.74, 6) is 0. The van der Waals surface area contributed by atoms with Crippen LogP contribution in [0, 0.1) is 0 Å². The van der Waals surface area contributed by atoms with Gasteiger partial charge >= 0.3 is 68.7 Å². The number of phosphoric acid groups is 6. The molecule has 0 heterocycles. The minimum Gasteiger partial charge on any atom is -0.756 e. The van der Waals surface area contributed by atoms with Crippen molar-refractivity contribution >= 4 is 46.9 Å². The summed E-state index contributed by atoms with van der Waals surface area (Å²) >= 11 is 0. The Bertz CT molecular complexity index is 460. The van der Waals surface area contributed by atoms with Crippen LogP contribution in [0.4, 0.5) is 0 Å². The monoisotopic (exact) mass is 610 g/mol. The molecule has 0 aromatic heterocycles. The molecule has 17 N–H and O–H groups in total. The third-order valence-electron chi connectivity index (χ3n) is 0. The second-order valence-electron chi connectivity index (χ2n) is 3.06. The van der Waals surface area contributed by atoms with Crippen LogP contribution in [0.5, 0.6) is 0 Å². The first-order valence-corrected chi connectivity index (χ1v) is 14.0. The molecule has 0 aromatic rings. The molecule has 0 saturated heterocycles. The normalized spacial score (nSPS) is 11.4. The van der Waals surface area contributed by atoms with Crippen molar-refractivity contribution in [2.24, 2.45) is 0 Å². The Morgan fingerprint density at radius 1 is 0.323 bits per heavy atom. The second kappa shape index (κ2) is 21.0. The maximum Gasteiger partial charge on any atom is 1.00 e. The molecule has 31 heteroatoms. The van der Waals surface area contributed by atoms with Gasteiger partial charge in [0.2, 0.25) is 0 Å². The van der Waals surface area contributed by atoms with E-state index < -0.39 is 46.9 Å². The van der Waals surface area contributed by atoms with Crippen LogP contribution in [0.15, 0.2) is 0 Å². The van der Waals surface area contributed by atoms with Gasteiger partial charge in [0.15, 0.2) is 0 Å². The van der Waals surface area contributed by atoms with Crippen LogP contribution in [0.25, 0.3) is 0 Å². The standard InChI is InChI=1S/Na.6H3O4P/c;6*1-5(2,3)4/h;6*(H3,1,2,3,4)/q+1;;;;;;/p-1. The predicted octanol–water partition coefficient (Wildman–Crippen LogP) is -9.20. The van der Waals surface area contributed by atoms with Crippen molar-refractivity contribution in [3.63, 3.8) is 0 Å². The molecule has 0 bridgehead atoms. The molecule has 0 aromatic carbocycles. The maximum absolute atomic E-state index is 8.88. The Balaban J connectivity index is -0.0000000443. The van der Waals surface area contributed by atoms with Crippen molar-refractivity contribution in [2.45, 2.75) is 0 Å². The zero-order chi connectivity index (χ0) is 27.0. The molecule has 0 unspecified atom stereocenters. The van der Waals surface area contributed by atoms with E-state index in [2.05, 4.69) is 0 Å². The Labute approximate surface area is 191 Å². The molecule has 24 nitrogen and oxygen atoms in total. The molecule has 0 aliphatic rings. The summed E-state index contributed by atoms with van der Waals surface area (Å²) in [6.07, 6.45) is 0. The van der Waals surface area contributed by atoms with E-state index in [9.17, 15) is 0 Å². The van der Waals surface area contributed by atoms with Crippen LogP contribution in [0.3, 0.4) is 0 Å². The first-order chi connectivity index (χ1) is 12.0. The summed E-state index contributed by atoms with van der Waals surface area (Å²) in [5, 5.41) is 0. The van der Waals surface area contributed by atoms with E-state index >= 15 is 0 Å². The van der Waals surface area contributed by atoms with Gasteiger partial charge in [-0.25, -0.2) is 22.8 Å². The third-order valence-corrected chi connectivity index (χ3v) is 0. The van der Waals surface area contributed by atoms with Gasteiger partial charge in [-0.2, -0.15) is 0 Å². The Morgan fingerprint density at radius 3 is 0.323 bits per heavy atom. The summed E-state index contributed by atoms with van der Waals surface area (Å²) in [6.45, 7) is 0. The summed E-state index contributed by atoms with van der Waals surface area (Å²) < 4.78 is 53.2. The van der Waals surface area contributed by atoms with Gasteiger partial charge < -0.3 is 88.1 Å². The van der Waals surface area contributed by atoms with E-state index in [1.165, 1.54) is 0 Å². The fourth-order valence-electron chi connectivity index (χ4n) is 0. The molecule has 0 amide bonds. The van der Waals surface area contributed by atoms with E-state index in [-0.39, 0.29) is 29.6 Å². The van der Waals surface area contributed by atoms with Crippen molar-refractivity contribution in [3.05, 3.63) is 0 Å². The van der Waals surface area contributed by atoms with Gasteiger partial charge in [-0.15, -0.1) is 0 Å². The van der Waals surface area contributed by atoms with Gasteiger partial charge in [-0.1, -0.05) is 0 Å². The smallest absolute Gasteiger partial charge is 0.756 e. The molecule has 0 fully saturated rings. The topological polar surface area (TPSA) is 469 Å². The van der Waals surface area contributed by atoms with E-state index in [1.807, 2.05) is 0 Å². The molecule has 0 aliphatic heterocycles. The van der Waals surface area contributed by atoms with Crippen molar-refractivity contribution < 1.29 is 145 Å². The van der Waals surface area contributed by atoms with Crippen LogP contribution < -0.4 is 34.5 Å². The van der Waals surface area contributed by atoms with Gasteiger partial charge in [0.05, 0.1) is 0 Å². The average Bonchev–Trinajstić information content (AvgIpc) is 1.94. The number of hydrogen-bond acceptors (Lipinski definition) is 7. The summed E-state index contributed by atoms with van der Waals surface area (Å²) in [7, 11) is -28.1. The van der Waals surface area contributed by atoms with Crippen LogP contribution in [-0.2, 0) is 27.4 Å². The minimum atomic E-state index is -4.89. The van der Waals surface area contributed by atoms with Gasteiger partial charge in [-0.05, 0) is 0 Å². The quantitative estimate of drug-likeness (QED) is 0.0894. The van der Waals surface area contributed by atoms with E-state index in [4.69, 9.17) is 115 Å². The summed E-state index contributed by atoms with van der Waals surface area (Å²) in [5.41, 5.74) is 0. The Morgan fingerprint density at radius 2 is 0.323 bits per heavy atom. The third kappa shape index (κ3) is 10100. The number of rotatable bonds is 0. The molecule has 0 radical (unpaired) electrons. The first-order valence-electron chi connectivity index (χ1n) is 4.68. The molecule has 192 valence electrons. The molecular formula is H17NaO24P6. The summed E-state index contributed by atoms with van der Waals surface area (Å²) in [6, 6.07) is 0. The van der Waals surface area contributed by atoms with Crippen molar-refractivity contribution in [2.75, 3.05) is 0 Å². The van der Waals surface area contributed by atoms with E-state index in [0.717, 1.165) is 0 Å². The largest absolute Gasteiger partial charge is 1.00 e. The molecule has 0 aliphatic carbocycles. The first kappa shape index (κ1) is 49.7. The van der Waals surface area contributed by atoms with Crippen LogP contribution in [-0.4, -0.2) is 83.2 Å². The fraction of sp³-hybridized carbons (Fsp3) is 0. The molecule has 31 heavy (non-hydrogen) atoms. The van der Waals surface area contributed by atoms with Gasteiger partial charge in [0.25, 0.3) is 7.82 Å². The van der Waals surface area contributed by atoms with Gasteiger partial charge in [-0.3, -0.25) is 4.57 Å². The molecular weight excluding hydrogens is 593 g/mol. The SMILES string of the molecule is O=P(O)(O)O.O=P(O)(O)O.O=P(O)(O)O.O=P(O)(O)O.O=P(O)(O)O.O=P([O-])(O)O.[Na+]. The molecule has 0 saturated carbocycles. The second-order valence-corrected chi connectivity index (χ2v) is 9.17. The number of hydrogen-bond donors (Lipinski definition) is 17. The summed E-state index contributed by atoms with van der Waals surface area (Å²) in [4.78, 5) is 131. The molecule has 0 spiro atoms. The van der Waals surface area contributed by atoms with Gasteiger partial charge in [0.1, 0.15) is 0 Å². The van der Waals surface area contributed by atoms with E-state index in [1.54, 1.807) is 0 Å². The predicted molar refractivity (Wildman–Crippen MR) is 83.4 cm³/mol. The Kier molecular flexibility index (Phi) is 33.7. The fourth-order valence-corrected chi connectivity index (χ4v) is 0. The average molecular weight is 610 g/mol. The van der Waals surface area contributed by atoms with E-state index in [0.29, 0.717) is 0 Å². The van der Waals surface area contributed by atoms with Gasteiger partial charge in [0, 0.05) is 0 Å². The zero-order valence-electron chi connectivity index (χ0n) is 14.1. The van der Waals surface area contributed by atoms with Crippen molar-refractivity contribution in [1.29, 1.82) is 0 Å². The van der Waals surface area contributed by atoms with Crippen LogP contribution >= 0.6 is 46.9 Å². The maximum atomic E-state index is 8.88. The molecule has 0 atom stereocenters. The molecule has 0 rings (SSSR count). The Hall–Kier alpha value is 1.66. The van der Waals surface area contributed by atoms with Crippen molar-refractivity contribution in [3.8, 4) is 0 Å². The minimum absolute atomic E-state index is 0.